The molecule has 0 aromatic rings. The van der Waals surface area contributed by atoms with Gasteiger partial charge in [0, 0.05) is 0 Å². The Bertz CT molecular complexity index is 460. The average Bonchev–Trinajstić information content (AvgIpc) is 2.39. The first kappa shape index (κ1) is 25.1. The zero-order valence-corrected chi connectivity index (χ0v) is 18.1. The van der Waals surface area contributed by atoms with E-state index in [1.165, 1.54) is 0 Å². The number of rotatable bonds is 5. The van der Waals surface area contributed by atoms with E-state index in [4.69, 9.17) is 0 Å². The van der Waals surface area contributed by atoms with Crippen LogP contribution in [0.2, 0.25) is 0 Å². The van der Waals surface area contributed by atoms with Crippen molar-refractivity contribution >= 4 is 47.1 Å². The van der Waals surface area contributed by atoms with Crippen molar-refractivity contribution in [3.63, 3.8) is 0 Å². The molecule has 1 N–H and O–H groups in total. The molecule has 126 valence electrons. The van der Waals surface area contributed by atoms with E-state index in [1.54, 1.807) is 6.92 Å². The number of hydrogen-bond donors (Lipinski definition) is 2. The van der Waals surface area contributed by atoms with Crippen LogP contribution in [0.4, 0.5) is 0 Å². The summed E-state index contributed by atoms with van der Waals surface area (Å²) in [4.78, 5) is 27.1. The van der Waals surface area contributed by atoms with Gasteiger partial charge in [0.1, 0.15) is 5.41 Å². The molecule has 1 aliphatic rings. The fourth-order valence-electron chi connectivity index (χ4n) is 2.42. The molecule has 0 aromatic carbocycles. The molecule has 0 aliphatic carbocycles. The van der Waals surface area contributed by atoms with Crippen LogP contribution in [0.3, 0.4) is 0 Å². The normalized spacial score (nSPS) is 21.0. The molecule has 0 saturated heterocycles. The quantitative estimate of drug-likeness (QED) is 0.264. The van der Waals surface area contributed by atoms with Crippen molar-refractivity contribution in [3.05, 3.63) is 0 Å². The Hall–Kier alpha value is -0.150. The second-order valence-electron chi connectivity index (χ2n) is 4.89. The third-order valence-electron chi connectivity index (χ3n) is 3.60. The second-order valence-corrected chi connectivity index (χ2v) is 5.97. The molecule has 1 aliphatic heterocycles. The summed E-state index contributed by atoms with van der Waals surface area (Å²) in [6.45, 7) is 8.10. The number of hydrogen-bond acceptors (Lipinski definition) is 5. The van der Waals surface area contributed by atoms with Gasteiger partial charge in [0.05, 0.1) is 12.6 Å². The first-order valence-electron chi connectivity index (χ1n) is 7.23. The number of ether oxygens (including phenoxy) is 1. The summed E-state index contributed by atoms with van der Waals surface area (Å²) in [6.07, 6.45) is 2.02. The molecule has 0 saturated carbocycles. The summed E-state index contributed by atoms with van der Waals surface area (Å²) in [5.41, 5.74) is -1.15. The first-order valence-corrected chi connectivity index (χ1v) is 8.08. The molecule has 2 atom stereocenters. The fourth-order valence-corrected chi connectivity index (χ4v) is 2.67. The first-order chi connectivity index (χ1) is 10.3. The maximum Gasteiger partial charge on any atom is 1.00 e. The van der Waals surface area contributed by atoms with Crippen molar-refractivity contribution in [2.45, 2.75) is 47.0 Å². The number of thiol groups is 1. The molecule has 2 amide bonds. The summed E-state index contributed by atoms with van der Waals surface area (Å²) in [7, 11) is 0. The Kier molecular flexibility index (Phi) is 13.4. The minimum absolute atomic E-state index is 0. The second kappa shape index (κ2) is 12.2. The molecule has 6 nitrogen and oxygen atoms in total. The molecule has 0 aromatic heterocycles. The minimum atomic E-state index is -1.15. The smallest absolute Gasteiger partial charge is 0.846 e. The number of amidine groups is 1. The number of amides is 2. The molecular weight excluding hydrogens is 347 g/mol. The van der Waals surface area contributed by atoms with E-state index < -0.39 is 23.3 Å². The van der Waals surface area contributed by atoms with Gasteiger partial charge in [0.2, 0.25) is 10.3 Å². The Morgan fingerprint density at radius 1 is 1.43 bits per heavy atom. The summed E-state index contributed by atoms with van der Waals surface area (Å²) in [5.74, 6) is -1.20. The van der Waals surface area contributed by atoms with Crippen LogP contribution in [-0.2, 0) is 14.3 Å². The molecule has 23 heavy (non-hydrogen) atoms. The summed E-state index contributed by atoms with van der Waals surface area (Å²) in [5, 5.41) is 13.1. The Labute approximate surface area is 170 Å². The number of carbonyl (C=O) groups excluding carboxylic acids is 2. The van der Waals surface area contributed by atoms with Crippen molar-refractivity contribution in [2.24, 2.45) is 16.3 Å². The maximum atomic E-state index is 11.9. The molecule has 1 heterocycles. The van der Waals surface area contributed by atoms with Gasteiger partial charge in [-0.3, -0.25) is 9.59 Å². The molecule has 9 heteroatoms. The van der Waals surface area contributed by atoms with Crippen molar-refractivity contribution in [2.75, 3.05) is 6.61 Å². The van der Waals surface area contributed by atoms with Gasteiger partial charge in [0.25, 0.3) is 5.91 Å². The summed E-state index contributed by atoms with van der Waals surface area (Å²) < 4.78 is 4.95. The van der Waals surface area contributed by atoms with Crippen LogP contribution in [0.15, 0.2) is 4.99 Å². The number of nitrogens with zero attached hydrogens (tertiary/aromatic N) is 1. The van der Waals surface area contributed by atoms with E-state index in [1.807, 2.05) is 20.8 Å². The van der Waals surface area contributed by atoms with Gasteiger partial charge in [-0.2, -0.15) is 0 Å². The van der Waals surface area contributed by atoms with E-state index in [0.29, 0.717) is 17.4 Å². The van der Waals surface area contributed by atoms with Crippen LogP contribution in [0, 0.1) is 11.3 Å². The van der Waals surface area contributed by atoms with Gasteiger partial charge in [-0.1, -0.05) is 39.8 Å². The van der Waals surface area contributed by atoms with E-state index >= 15 is 0 Å². The molecule has 0 spiro atoms. The number of nitrogens with one attached hydrogen (secondary N) is 1. The molecule has 2 unspecified atom stereocenters. The minimum Gasteiger partial charge on any atom is -0.846 e. The SMILES string of the molecule is CCCC(C)C1(CC)C(=O)N=C([O-])NC1=O.CCOC(=S)S.[Na+]. The Morgan fingerprint density at radius 2 is 2.00 bits per heavy atom. The largest absolute Gasteiger partial charge is 1.00 e. The third-order valence-corrected chi connectivity index (χ3v) is 3.85. The predicted molar refractivity (Wildman–Crippen MR) is 90.6 cm³/mol. The van der Waals surface area contributed by atoms with Gasteiger partial charge in [-0.05, 0) is 37.9 Å². The van der Waals surface area contributed by atoms with Gasteiger partial charge in [0.15, 0.2) is 0 Å². The van der Waals surface area contributed by atoms with Gasteiger partial charge in [-0.15, -0.1) is 0 Å². The molecule has 0 fully saturated rings. The third kappa shape index (κ3) is 7.09. The topological polar surface area (TPSA) is 90.8 Å². The average molecular weight is 370 g/mol. The zero-order chi connectivity index (χ0) is 17.3. The molecule has 1 rings (SSSR count). The van der Waals surface area contributed by atoms with Gasteiger partial charge < -0.3 is 15.2 Å². The number of aliphatic imine (C=N–C) groups is 1. The zero-order valence-electron chi connectivity index (χ0n) is 14.3. The van der Waals surface area contributed by atoms with Crippen LogP contribution in [0.1, 0.15) is 47.0 Å². The monoisotopic (exact) mass is 370 g/mol. The number of carbonyl (C=O) groups is 2. The van der Waals surface area contributed by atoms with Crippen LogP contribution < -0.4 is 40.0 Å². The standard InChI is InChI=1S/C11H18N2O3.C3H6OS2.Na/c1-4-6-7(3)11(5-2)8(14)12-10(16)13-9(11)15;1-2-4-3(5)6;/h7H,4-6H2,1-3H3,(H2,12,13,14,15,16);2H2,1H3,(H,5,6);/q;;+1/p-1. The molecule has 0 radical (unpaired) electrons. The Balaban J connectivity index is 0. The van der Waals surface area contributed by atoms with Gasteiger partial charge in [-0.25, -0.2) is 4.99 Å². The van der Waals surface area contributed by atoms with Gasteiger partial charge >= 0.3 is 29.6 Å². The number of thiocarbonyl (C=S) groups is 1. The molecule has 0 bridgehead atoms. The van der Waals surface area contributed by atoms with E-state index in [2.05, 4.69) is 39.9 Å². The molecular formula is C14H23N2NaO4S2. The van der Waals surface area contributed by atoms with Crippen molar-refractivity contribution in [1.29, 1.82) is 0 Å². The van der Waals surface area contributed by atoms with Crippen molar-refractivity contribution in [1.82, 2.24) is 5.32 Å². The van der Waals surface area contributed by atoms with E-state index in [0.717, 1.165) is 12.8 Å². The predicted octanol–water partition coefficient (Wildman–Crippen LogP) is -1.57. The fraction of sp³-hybridized carbons (Fsp3) is 0.714. The van der Waals surface area contributed by atoms with Crippen molar-refractivity contribution < 1.29 is 49.0 Å². The summed E-state index contributed by atoms with van der Waals surface area (Å²) >= 11 is 8.12. The summed E-state index contributed by atoms with van der Waals surface area (Å²) in [6, 6.07) is -0.845. The van der Waals surface area contributed by atoms with Crippen LogP contribution in [0.25, 0.3) is 0 Å². The Morgan fingerprint density at radius 3 is 2.30 bits per heavy atom. The van der Waals surface area contributed by atoms with E-state index in [9.17, 15) is 14.7 Å². The van der Waals surface area contributed by atoms with Crippen LogP contribution in [-0.4, -0.2) is 28.8 Å². The maximum absolute atomic E-state index is 11.9. The van der Waals surface area contributed by atoms with Crippen LogP contribution in [0.5, 0.6) is 0 Å². The van der Waals surface area contributed by atoms with Crippen molar-refractivity contribution in [3.8, 4) is 0 Å². The van der Waals surface area contributed by atoms with Crippen LogP contribution >= 0.6 is 24.8 Å². The van der Waals surface area contributed by atoms with E-state index in [-0.39, 0.29) is 35.5 Å².